The fourth-order valence-electron chi connectivity index (χ4n) is 1.98. The second-order valence-electron chi connectivity index (χ2n) is 4.89. The number of hydrogen-bond acceptors (Lipinski definition) is 4. The summed E-state index contributed by atoms with van der Waals surface area (Å²) in [5.74, 6) is 0. The smallest absolute Gasteiger partial charge is 0.242 e. The number of nitrogens with two attached hydrogens (primary N) is 1. The number of hydrogen-bond donors (Lipinski definition) is 1. The minimum atomic E-state index is -3.43. The average molecular weight is 285 g/mol. The van der Waals surface area contributed by atoms with Crippen molar-refractivity contribution in [3.63, 3.8) is 0 Å². The van der Waals surface area contributed by atoms with Gasteiger partial charge in [-0.25, -0.2) is 12.7 Å². The molecule has 0 aliphatic carbocycles. The molecule has 0 unspecified atom stereocenters. The molecule has 0 fully saturated rings. The van der Waals surface area contributed by atoms with Crippen molar-refractivity contribution in [2.45, 2.75) is 31.7 Å². The molecule has 1 aromatic rings. The van der Waals surface area contributed by atoms with E-state index in [2.05, 4.69) is 18.7 Å². The van der Waals surface area contributed by atoms with E-state index in [1.165, 1.54) is 24.5 Å². The van der Waals surface area contributed by atoms with E-state index in [0.717, 1.165) is 12.2 Å². The quantitative estimate of drug-likeness (QED) is 0.837. The van der Waals surface area contributed by atoms with E-state index in [9.17, 15) is 8.42 Å². The zero-order valence-electron chi connectivity index (χ0n) is 12.2. The van der Waals surface area contributed by atoms with Crippen LogP contribution >= 0.6 is 0 Å². The van der Waals surface area contributed by atoms with E-state index < -0.39 is 10.0 Å². The highest BCUT2D eigenvalue weighted by Gasteiger charge is 2.19. The van der Waals surface area contributed by atoms with Gasteiger partial charge in [-0.15, -0.1) is 0 Å². The lowest BCUT2D eigenvalue weighted by molar-refractivity contribution is 0.521. The molecule has 108 valence electrons. The summed E-state index contributed by atoms with van der Waals surface area (Å²) in [6.07, 6.45) is 0. The van der Waals surface area contributed by atoms with Gasteiger partial charge in [0, 0.05) is 26.7 Å². The molecule has 2 N–H and O–H groups in total. The average Bonchev–Trinajstić information content (AvgIpc) is 2.31. The lowest BCUT2D eigenvalue weighted by Crippen LogP contribution is -2.31. The summed E-state index contributed by atoms with van der Waals surface area (Å²) in [6, 6.07) is 5.21. The first-order valence-electron chi connectivity index (χ1n) is 6.30. The van der Waals surface area contributed by atoms with Gasteiger partial charge in [0.2, 0.25) is 10.0 Å². The minimum Gasteiger partial charge on any atom is -0.397 e. The van der Waals surface area contributed by atoms with Crippen molar-refractivity contribution in [1.82, 2.24) is 4.31 Å². The second kappa shape index (κ2) is 5.79. The second-order valence-corrected chi connectivity index (χ2v) is 7.04. The normalized spacial score (nSPS) is 12.2. The van der Waals surface area contributed by atoms with Crippen molar-refractivity contribution >= 4 is 21.4 Å². The molecule has 19 heavy (non-hydrogen) atoms. The maximum absolute atomic E-state index is 12.0. The topological polar surface area (TPSA) is 66.6 Å². The molecule has 0 aliphatic heterocycles. The van der Waals surface area contributed by atoms with E-state index in [-0.39, 0.29) is 4.90 Å². The van der Waals surface area contributed by atoms with Crippen LogP contribution < -0.4 is 10.6 Å². The van der Waals surface area contributed by atoms with Gasteiger partial charge in [-0.2, -0.15) is 0 Å². The molecule has 5 nitrogen and oxygen atoms in total. The third-order valence-corrected chi connectivity index (χ3v) is 4.86. The van der Waals surface area contributed by atoms with Gasteiger partial charge in [-0.1, -0.05) is 0 Å². The Bertz CT molecular complexity index is 539. The lowest BCUT2D eigenvalue weighted by Gasteiger charge is -2.29. The van der Waals surface area contributed by atoms with Gasteiger partial charge >= 0.3 is 0 Å². The predicted molar refractivity (Wildman–Crippen MR) is 79.9 cm³/mol. The van der Waals surface area contributed by atoms with Crippen LogP contribution in [0.25, 0.3) is 0 Å². The molecule has 0 radical (unpaired) electrons. The Kier molecular flexibility index (Phi) is 4.81. The van der Waals surface area contributed by atoms with Crippen LogP contribution in [0.2, 0.25) is 0 Å². The lowest BCUT2D eigenvalue weighted by atomic mass is 10.2. The standard InChI is InChI=1S/C13H23N3O2S/c1-6-16(10(2)3)13-8-7-11(9-12(13)14)19(17,18)15(4)5/h7-10H,6,14H2,1-5H3. The fourth-order valence-corrected chi connectivity index (χ4v) is 2.92. The summed E-state index contributed by atoms with van der Waals surface area (Å²) in [5, 5.41) is 0. The Morgan fingerprint density at radius 3 is 2.21 bits per heavy atom. The molecule has 0 spiro atoms. The highest BCUT2D eigenvalue weighted by atomic mass is 32.2. The van der Waals surface area contributed by atoms with Crippen LogP contribution in [0.5, 0.6) is 0 Å². The number of benzene rings is 1. The summed E-state index contributed by atoms with van der Waals surface area (Å²) in [6.45, 7) is 7.02. The number of nitrogens with zero attached hydrogens (tertiary/aromatic N) is 2. The summed E-state index contributed by atoms with van der Waals surface area (Å²) < 4.78 is 25.2. The molecule has 1 rings (SSSR count). The Morgan fingerprint density at radius 1 is 1.26 bits per heavy atom. The Hall–Kier alpha value is -1.27. The van der Waals surface area contributed by atoms with E-state index >= 15 is 0 Å². The molecule has 0 aromatic heterocycles. The first-order valence-corrected chi connectivity index (χ1v) is 7.74. The molecule has 0 saturated heterocycles. The van der Waals surface area contributed by atoms with Crippen molar-refractivity contribution in [1.29, 1.82) is 0 Å². The van der Waals surface area contributed by atoms with Gasteiger partial charge in [0.1, 0.15) is 0 Å². The third-order valence-electron chi connectivity index (χ3n) is 3.05. The molecular formula is C13H23N3O2S. The number of rotatable bonds is 5. The maximum Gasteiger partial charge on any atom is 0.242 e. The molecule has 6 heteroatoms. The van der Waals surface area contributed by atoms with Crippen molar-refractivity contribution in [2.75, 3.05) is 31.3 Å². The summed E-state index contributed by atoms with van der Waals surface area (Å²) in [4.78, 5) is 2.35. The van der Waals surface area contributed by atoms with Crippen LogP contribution in [-0.2, 0) is 10.0 Å². The maximum atomic E-state index is 12.0. The van der Waals surface area contributed by atoms with Crippen molar-refractivity contribution in [3.05, 3.63) is 18.2 Å². The Balaban J connectivity index is 3.25. The monoisotopic (exact) mass is 285 g/mol. The third kappa shape index (κ3) is 3.19. The van der Waals surface area contributed by atoms with Crippen molar-refractivity contribution in [2.24, 2.45) is 0 Å². The number of sulfonamides is 1. The Labute approximate surface area is 116 Å². The van der Waals surface area contributed by atoms with Crippen LogP contribution in [-0.4, -0.2) is 39.4 Å². The molecule has 0 amide bonds. The van der Waals surface area contributed by atoms with Crippen LogP contribution in [0, 0.1) is 0 Å². The van der Waals surface area contributed by atoms with Crippen molar-refractivity contribution in [3.8, 4) is 0 Å². The summed E-state index contributed by atoms with van der Waals surface area (Å²) in [5.41, 5.74) is 7.36. The first-order chi connectivity index (χ1) is 8.71. The zero-order valence-corrected chi connectivity index (χ0v) is 13.0. The predicted octanol–water partition coefficient (Wildman–Crippen LogP) is 1.75. The fraction of sp³-hybridized carbons (Fsp3) is 0.538. The van der Waals surface area contributed by atoms with Gasteiger partial charge in [0.25, 0.3) is 0 Å². The molecule has 0 atom stereocenters. The molecular weight excluding hydrogens is 262 g/mol. The summed E-state index contributed by atoms with van der Waals surface area (Å²) >= 11 is 0. The highest BCUT2D eigenvalue weighted by molar-refractivity contribution is 7.89. The van der Waals surface area contributed by atoms with Crippen LogP contribution in [0.1, 0.15) is 20.8 Å². The van der Waals surface area contributed by atoms with E-state index in [0.29, 0.717) is 11.7 Å². The summed E-state index contributed by atoms with van der Waals surface area (Å²) in [7, 11) is -0.422. The largest absolute Gasteiger partial charge is 0.397 e. The van der Waals surface area contributed by atoms with E-state index in [1.54, 1.807) is 12.1 Å². The molecule has 0 aliphatic rings. The minimum absolute atomic E-state index is 0.221. The number of anilines is 2. The molecule has 0 saturated carbocycles. The first kappa shape index (κ1) is 15.8. The van der Waals surface area contributed by atoms with Crippen LogP contribution in [0.15, 0.2) is 23.1 Å². The number of nitrogen functional groups attached to an aromatic ring is 1. The van der Waals surface area contributed by atoms with Crippen LogP contribution in [0.4, 0.5) is 11.4 Å². The zero-order chi connectivity index (χ0) is 14.8. The van der Waals surface area contributed by atoms with Gasteiger partial charge in [0.05, 0.1) is 16.3 Å². The van der Waals surface area contributed by atoms with Crippen LogP contribution in [0.3, 0.4) is 0 Å². The molecule has 0 bridgehead atoms. The molecule has 1 aromatic carbocycles. The highest BCUT2D eigenvalue weighted by Crippen LogP contribution is 2.28. The van der Waals surface area contributed by atoms with Gasteiger partial charge in [-0.3, -0.25) is 0 Å². The Morgan fingerprint density at radius 2 is 1.84 bits per heavy atom. The van der Waals surface area contributed by atoms with E-state index in [1.807, 2.05) is 6.92 Å². The SMILES string of the molecule is CCN(c1ccc(S(=O)(=O)N(C)C)cc1N)C(C)C. The van der Waals surface area contributed by atoms with Gasteiger partial charge in [-0.05, 0) is 39.0 Å². The van der Waals surface area contributed by atoms with Gasteiger partial charge in [0.15, 0.2) is 0 Å². The van der Waals surface area contributed by atoms with E-state index in [4.69, 9.17) is 5.73 Å². The van der Waals surface area contributed by atoms with Gasteiger partial charge < -0.3 is 10.6 Å². The van der Waals surface area contributed by atoms with Crippen molar-refractivity contribution < 1.29 is 8.42 Å². The molecule has 0 heterocycles.